The summed E-state index contributed by atoms with van der Waals surface area (Å²) in [6.07, 6.45) is 2.01. The quantitative estimate of drug-likeness (QED) is 0.624. The Morgan fingerprint density at radius 2 is 1.85 bits per heavy atom. The minimum Gasteiger partial charge on any atom is -0.489 e. The van der Waals surface area contributed by atoms with Crippen LogP contribution < -0.4 is 10.4 Å². The summed E-state index contributed by atoms with van der Waals surface area (Å²) in [4.78, 5) is 11.8. The van der Waals surface area contributed by atoms with Gasteiger partial charge in [-0.15, -0.1) is 0 Å². The molecule has 3 nitrogen and oxygen atoms in total. The molecule has 1 heterocycles. The molecule has 2 aromatic rings. The molecule has 0 aliphatic rings. The van der Waals surface area contributed by atoms with Gasteiger partial charge in [0.1, 0.15) is 17.9 Å². The number of hydrogen-bond donors (Lipinski definition) is 0. The zero-order valence-electron chi connectivity index (χ0n) is 12.7. The van der Waals surface area contributed by atoms with E-state index < -0.39 is 0 Å². The average molecular weight is 272 g/mol. The summed E-state index contributed by atoms with van der Waals surface area (Å²) in [6.45, 7) is 10.2. The normalized spacial score (nSPS) is 10.7. The van der Waals surface area contributed by atoms with Crippen molar-refractivity contribution < 1.29 is 9.15 Å². The molecule has 1 aromatic carbocycles. The molecule has 0 radical (unpaired) electrons. The molecule has 2 rings (SSSR count). The predicted octanol–water partition coefficient (Wildman–Crippen LogP) is 4.06. The van der Waals surface area contributed by atoms with Crippen molar-refractivity contribution >= 4 is 11.0 Å². The van der Waals surface area contributed by atoms with Crippen LogP contribution in [-0.2, 0) is 0 Å². The van der Waals surface area contributed by atoms with Crippen molar-refractivity contribution in [3.8, 4) is 5.75 Å². The summed E-state index contributed by atoms with van der Waals surface area (Å²) >= 11 is 0. The molecule has 0 fully saturated rings. The van der Waals surface area contributed by atoms with E-state index in [1.54, 1.807) is 6.92 Å². The van der Waals surface area contributed by atoms with Crippen molar-refractivity contribution in [1.82, 2.24) is 0 Å². The highest BCUT2D eigenvalue weighted by Crippen LogP contribution is 2.29. The van der Waals surface area contributed by atoms with Crippen LogP contribution >= 0.6 is 0 Å². The molecule has 0 aliphatic carbocycles. The Kier molecular flexibility index (Phi) is 3.98. The first-order valence-electron chi connectivity index (χ1n) is 6.71. The SMILES string of the molecule is CC(C)=CCOc1ccc2c(C)c(C)c(=O)oc2c1C. The van der Waals surface area contributed by atoms with Gasteiger partial charge in [-0.1, -0.05) is 5.57 Å². The second-order valence-corrected chi connectivity index (χ2v) is 5.30. The Hall–Kier alpha value is -2.03. The number of fused-ring (bicyclic) bond motifs is 1. The van der Waals surface area contributed by atoms with Crippen molar-refractivity contribution in [2.24, 2.45) is 0 Å². The molecule has 0 bridgehead atoms. The predicted molar refractivity (Wildman–Crippen MR) is 81.6 cm³/mol. The molecular weight excluding hydrogens is 252 g/mol. The molecule has 20 heavy (non-hydrogen) atoms. The Bertz CT molecular complexity index is 732. The average Bonchev–Trinajstić information content (AvgIpc) is 2.39. The molecular formula is C17H20O3. The van der Waals surface area contributed by atoms with E-state index in [0.29, 0.717) is 17.8 Å². The number of hydrogen-bond acceptors (Lipinski definition) is 3. The van der Waals surface area contributed by atoms with E-state index in [1.165, 1.54) is 5.57 Å². The van der Waals surface area contributed by atoms with Crippen molar-refractivity contribution in [2.75, 3.05) is 6.61 Å². The van der Waals surface area contributed by atoms with Crippen LogP contribution in [0.25, 0.3) is 11.0 Å². The van der Waals surface area contributed by atoms with Crippen LogP contribution in [0.15, 0.2) is 33.0 Å². The number of ether oxygens (including phenoxy) is 1. The van der Waals surface area contributed by atoms with Crippen LogP contribution in [0.4, 0.5) is 0 Å². The minimum absolute atomic E-state index is 0.278. The third-order valence-corrected chi connectivity index (χ3v) is 3.55. The van der Waals surface area contributed by atoms with Crippen molar-refractivity contribution in [1.29, 1.82) is 0 Å². The second-order valence-electron chi connectivity index (χ2n) is 5.30. The van der Waals surface area contributed by atoms with Gasteiger partial charge in [0, 0.05) is 16.5 Å². The smallest absolute Gasteiger partial charge is 0.339 e. The number of aryl methyl sites for hydroxylation is 2. The lowest BCUT2D eigenvalue weighted by molar-refractivity contribution is 0.359. The fourth-order valence-electron chi connectivity index (χ4n) is 2.08. The lowest BCUT2D eigenvalue weighted by Crippen LogP contribution is -2.07. The molecule has 106 valence electrons. The van der Waals surface area contributed by atoms with Gasteiger partial charge in [-0.3, -0.25) is 0 Å². The van der Waals surface area contributed by atoms with Crippen LogP contribution in [0.1, 0.15) is 30.5 Å². The summed E-state index contributed by atoms with van der Waals surface area (Å²) in [5.74, 6) is 0.751. The van der Waals surface area contributed by atoms with Crippen LogP contribution in [0, 0.1) is 20.8 Å². The molecule has 0 amide bonds. The number of rotatable bonds is 3. The van der Waals surface area contributed by atoms with E-state index in [4.69, 9.17) is 9.15 Å². The Labute approximate surface area is 118 Å². The zero-order valence-corrected chi connectivity index (χ0v) is 12.7. The van der Waals surface area contributed by atoms with Gasteiger partial charge >= 0.3 is 5.63 Å². The fraction of sp³-hybridized carbons (Fsp3) is 0.353. The molecule has 3 heteroatoms. The van der Waals surface area contributed by atoms with Crippen LogP contribution in [0.5, 0.6) is 5.75 Å². The van der Waals surface area contributed by atoms with Gasteiger partial charge in [0.05, 0.1) is 0 Å². The highest BCUT2D eigenvalue weighted by molar-refractivity contribution is 5.85. The Morgan fingerprint density at radius 1 is 1.15 bits per heavy atom. The fourth-order valence-corrected chi connectivity index (χ4v) is 2.08. The van der Waals surface area contributed by atoms with Gasteiger partial charge in [-0.25, -0.2) is 4.79 Å². The standard InChI is InChI=1S/C17H20O3/c1-10(2)8-9-19-15-7-6-14-11(3)12(4)17(18)20-16(14)13(15)5/h6-8H,9H2,1-5H3. The largest absolute Gasteiger partial charge is 0.489 e. The van der Waals surface area contributed by atoms with E-state index in [0.717, 1.165) is 22.3 Å². The molecule has 0 aliphatic heterocycles. The lowest BCUT2D eigenvalue weighted by Gasteiger charge is -2.11. The summed E-state index contributed by atoms with van der Waals surface area (Å²) in [5, 5.41) is 0.967. The lowest BCUT2D eigenvalue weighted by atomic mass is 10.0. The van der Waals surface area contributed by atoms with Crippen molar-refractivity contribution in [3.05, 3.63) is 50.9 Å². The maximum atomic E-state index is 11.8. The minimum atomic E-state index is -0.278. The Morgan fingerprint density at radius 3 is 2.50 bits per heavy atom. The molecule has 1 aromatic heterocycles. The number of benzene rings is 1. The van der Waals surface area contributed by atoms with E-state index in [-0.39, 0.29) is 5.63 Å². The maximum Gasteiger partial charge on any atom is 0.339 e. The van der Waals surface area contributed by atoms with Crippen LogP contribution in [0.2, 0.25) is 0 Å². The van der Waals surface area contributed by atoms with Gasteiger partial charge in [0.15, 0.2) is 0 Å². The van der Waals surface area contributed by atoms with Gasteiger partial charge in [0.2, 0.25) is 0 Å². The highest BCUT2D eigenvalue weighted by atomic mass is 16.5. The van der Waals surface area contributed by atoms with E-state index >= 15 is 0 Å². The van der Waals surface area contributed by atoms with E-state index in [1.807, 2.05) is 45.9 Å². The van der Waals surface area contributed by atoms with E-state index in [2.05, 4.69) is 0 Å². The third kappa shape index (κ3) is 2.62. The van der Waals surface area contributed by atoms with Crippen molar-refractivity contribution in [2.45, 2.75) is 34.6 Å². The maximum absolute atomic E-state index is 11.8. The highest BCUT2D eigenvalue weighted by Gasteiger charge is 2.12. The second kappa shape index (κ2) is 5.53. The molecule has 0 saturated carbocycles. The first-order valence-corrected chi connectivity index (χ1v) is 6.71. The third-order valence-electron chi connectivity index (χ3n) is 3.55. The van der Waals surface area contributed by atoms with Gasteiger partial charge in [-0.2, -0.15) is 0 Å². The summed E-state index contributed by atoms with van der Waals surface area (Å²) in [7, 11) is 0. The zero-order chi connectivity index (χ0) is 14.9. The van der Waals surface area contributed by atoms with Crippen molar-refractivity contribution in [3.63, 3.8) is 0 Å². The summed E-state index contributed by atoms with van der Waals surface area (Å²) < 4.78 is 11.1. The van der Waals surface area contributed by atoms with Gasteiger partial charge in [-0.05, 0) is 58.4 Å². The molecule has 0 spiro atoms. The molecule has 0 saturated heterocycles. The summed E-state index contributed by atoms with van der Waals surface area (Å²) in [5.41, 5.74) is 4.05. The van der Waals surface area contributed by atoms with Crippen LogP contribution in [-0.4, -0.2) is 6.61 Å². The number of allylic oxidation sites excluding steroid dienone is 1. The first-order chi connectivity index (χ1) is 9.41. The summed E-state index contributed by atoms with van der Waals surface area (Å²) in [6, 6.07) is 3.88. The molecule has 0 unspecified atom stereocenters. The van der Waals surface area contributed by atoms with Crippen LogP contribution in [0.3, 0.4) is 0 Å². The van der Waals surface area contributed by atoms with Gasteiger partial charge in [0.25, 0.3) is 0 Å². The first kappa shape index (κ1) is 14.4. The van der Waals surface area contributed by atoms with Gasteiger partial charge < -0.3 is 9.15 Å². The monoisotopic (exact) mass is 272 g/mol. The Balaban J connectivity index is 2.51. The molecule has 0 atom stereocenters. The van der Waals surface area contributed by atoms with E-state index in [9.17, 15) is 4.79 Å². The topological polar surface area (TPSA) is 39.4 Å². The molecule has 0 N–H and O–H groups in total.